The highest BCUT2D eigenvalue weighted by Crippen LogP contribution is 2.35. The minimum Gasteiger partial charge on any atom is -0.508 e. The van der Waals surface area contributed by atoms with Crippen LogP contribution in [-0.2, 0) is 16.9 Å². The molecule has 0 saturated heterocycles. The molecule has 0 heterocycles. The predicted octanol–water partition coefficient (Wildman–Crippen LogP) is 6.12. The molecular weight excluding hydrogens is 504 g/mol. The smallest absolute Gasteiger partial charge is 0.344 e. The Morgan fingerprint density at radius 2 is 1.31 bits per heavy atom. The van der Waals surface area contributed by atoms with Crippen LogP contribution >= 0.6 is 0 Å². The summed E-state index contributed by atoms with van der Waals surface area (Å²) in [7, 11) is 0. The Morgan fingerprint density at radius 1 is 0.744 bits per heavy atom. The minimum absolute atomic E-state index is 0.0256. The molecule has 0 aliphatic rings. The van der Waals surface area contributed by atoms with Crippen LogP contribution in [0.25, 0.3) is 0 Å². The van der Waals surface area contributed by atoms with Gasteiger partial charge in [-0.25, -0.2) is 14.5 Å². The monoisotopic (exact) mass is 530 g/mol. The molecule has 9 heteroatoms. The van der Waals surface area contributed by atoms with E-state index in [0.717, 1.165) is 17.2 Å². The van der Waals surface area contributed by atoms with Crippen molar-refractivity contribution in [3.05, 3.63) is 113 Å². The van der Waals surface area contributed by atoms with Crippen LogP contribution in [0.4, 0.5) is 0 Å². The molecule has 0 amide bonds. The molecule has 0 bridgehead atoms. The van der Waals surface area contributed by atoms with E-state index in [9.17, 15) is 24.9 Å². The van der Waals surface area contributed by atoms with E-state index in [2.05, 4.69) is 4.89 Å². The third-order valence-electron chi connectivity index (χ3n) is 6.31. The molecule has 4 aromatic rings. The molecule has 0 fully saturated rings. The molecule has 200 valence electrons. The number of aromatic carboxylic acids is 1. The summed E-state index contributed by atoms with van der Waals surface area (Å²) in [4.78, 5) is 28.2. The summed E-state index contributed by atoms with van der Waals surface area (Å²) in [5.74, 6) is -1.22. The Kier molecular flexibility index (Phi) is 7.85. The van der Waals surface area contributed by atoms with E-state index in [1.54, 1.807) is 30.3 Å². The van der Waals surface area contributed by atoms with E-state index < -0.39 is 17.4 Å². The van der Waals surface area contributed by atoms with Gasteiger partial charge in [-0.05, 0) is 71.8 Å². The highest BCUT2D eigenvalue weighted by Gasteiger charge is 2.24. The fraction of sp³-hybridized carbons (Fsp3) is 0.133. The van der Waals surface area contributed by atoms with Crippen molar-refractivity contribution in [2.24, 2.45) is 0 Å². The number of carboxylic acid groups (broad SMARTS) is 1. The number of ether oxygens (including phenoxy) is 2. The number of aromatic hydroxyl groups is 2. The zero-order valence-corrected chi connectivity index (χ0v) is 21.1. The number of carboxylic acids is 1. The van der Waals surface area contributed by atoms with Crippen LogP contribution < -0.4 is 9.47 Å². The Hall–Kier alpha value is -4.86. The van der Waals surface area contributed by atoms with Crippen molar-refractivity contribution in [2.45, 2.75) is 25.9 Å². The highest BCUT2D eigenvalue weighted by atomic mass is 17.1. The maximum Gasteiger partial charge on any atom is 0.344 e. The SMILES string of the molecule is CC(C)(c1ccc(OC(=O)c2ccc(O)cc2C(=O)O)cc1)c1ccc(Oc2ccc(O)cc2COO)cc1. The second-order valence-corrected chi connectivity index (χ2v) is 9.27. The van der Waals surface area contributed by atoms with Crippen LogP contribution in [-0.4, -0.2) is 32.5 Å². The largest absolute Gasteiger partial charge is 0.508 e. The molecule has 39 heavy (non-hydrogen) atoms. The molecule has 0 atom stereocenters. The summed E-state index contributed by atoms with van der Waals surface area (Å²) >= 11 is 0. The topological polar surface area (TPSA) is 143 Å². The molecule has 0 radical (unpaired) electrons. The van der Waals surface area contributed by atoms with Crippen molar-refractivity contribution >= 4 is 11.9 Å². The lowest BCUT2D eigenvalue weighted by molar-refractivity contribution is -0.253. The number of phenolic OH excluding ortho intramolecular Hbond substituents is 2. The Bertz CT molecular complexity index is 1490. The summed E-state index contributed by atoms with van der Waals surface area (Å²) in [6.07, 6.45) is 0. The fourth-order valence-electron chi connectivity index (χ4n) is 4.07. The molecule has 4 N–H and O–H groups in total. The maximum atomic E-state index is 12.6. The normalized spacial score (nSPS) is 11.2. The van der Waals surface area contributed by atoms with Gasteiger partial charge in [0.25, 0.3) is 0 Å². The number of phenols is 2. The van der Waals surface area contributed by atoms with E-state index >= 15 is 0 Å². The Labute approximate surface area is 224 Å². The van der Waals surface area contributed by atoms with Gasteiger partial charge in [0.2, 0.25) is 0 Å². The molecule has 4 rings (SSSR count). The summed E-state index contributed by atoms with van der Waals surface area (Å²) in [6.45, 7) is 3.93. The first-order chi connectivity index (χ1) is 18.6. The summed E-state index contributed by atoms with van der Waals surface area (Å²) in [5.41, 5.74) is 1.45. The van der Waals surface area contributed by atoms with E-state index in [1.165, 1.54) is 24.3 Å². The van der Waals surface area contributed by atoms with Gasteiger partial charge < -0.3 is 24.8 Å². The number of hydrogen-bond donors (Lipinski definition) is 4. The number of benzene rings is 4. The van der Waals surface area contributed by atoms with E-state index in [-0.39, 0.29) is 35.0 Å². The van der Waals surface area contributed by atoms with Crippen molar-refractivity contribution in [3.8, 4) is 28.7 Å². The number of esters is 1. The lowest BCUT2D eigenvalue weighted by atomic mass is 9.78. The van der Waals surface area contributed by atoms with Gasteiger partial charge in [0, 0.05) is 11.0 Å². The number of carbonyl (C=O) groups excluding carboxylic acids is 1. The first-order valence-corrected chi connectivity index (χ1v) is 11.8. The molecular formula is C30H26O9. The Balaban J connectivity index is 1.48. The van der Waals surface area contributed by atoms with Gasteiger partial charge in [-0.1, -0.05) is 38.1 Å². The van der Waals surface area contributed by atoms with Gasteiger partial charge in [0.05, 0.1) is 11.1 Å². The predicted molar refractivity (Wildman–Crippen MR) is 141 cm³/mol. The van der Waals surface area contributed by atoms with Crippen LogP contribution in [0.3, 0.4) is 0 Å². The van der Waals surface area contributed by atoms with Crippen LogP contribution in [0.15, 0.2) is 84.9 Å². The van der Waals surface area contributed by atoms with E-state index in [0.29, 0.717) is 17.1 Å². The quantitative estimate of drug-likeness (QED) is 0.0870. The molecule has 0 spiro atoms. The first kappa shape index (κ1) is 27.2. The summed E-state index contributed by atoms with van der Waals surface area (Å²) < 4.78 is 11.3. The van der Waals surface area contributed by atoms with Gasteiger partial charge in [-0.3, -0.25) is 5.26 Å². The van der Waals surface area contributed by atoms with E-state index in [1.807, 2.05) is 38.1 Å². The summed E-state index contributed by atoms with van der Waals surface area (Å²) in [6, 6.07) is 22.3. The van der Waals surface area contributed by atoms with Crippen molar-refractivity contribution in [1.82, 2.24) is 0 Å². The maximum absolute atomic E-state index is 12.6. The number of rotatable bonds is 9. The standard InChI is InChI=1S/C30H26O9/c1-30(2,19-3-9-23(10-4-19)38-27-14-8-21(31)15-18(27)17-37-36)20-5-11-24(12-6-20)39-29(35)25-13-7-22(32)16-26(25)28(33)34/h3-16,31-32,36H,17H2,1-2H3,(H,33,34). The molecule has 0 aliphatic carbocycles. The molecule has 4 aromatic carbocycles. The van der Waals surface area contributed by atoms with Crippen molar-refractivity contribution in [3.63, 3.8) is 0 Å². The third kappa shape index (κ3) is 6.18. The van der Waals surface area contributed by atoms with Crippen molar-refractivity contribution < 1.29 is 44.5 Å². The van der Waals surface area contributed by atoms with Gasteiger partial charge in [0.15, 0.2) is 0 Å². The van der Waals surface area contributed by atoms with Gasteiger partial charge in [-0.15, -0.1) is 0 Å². The van der Waals surface area contributed by atoms with E-state index in [4.69, 9.17) is 14.7 Å². The Morgan fingerprint density at radius 3 is 1.90 bits per heavy atom. The number of carbonyl (C=O) groups is 2. The second kappa shape index (κ2) is 11.3. The average molecular weight is 531 g/mol. The van der Waals surface area contributed by atoms with Crippen molar-refractivity contribution in [2.75, 3.05) is 0 Å². The zero-order chi connectivity index (χ0) is 28.2. The molecule has 0 saturated carbocycles. The minimum atomic E-state index is -1.35. The molecule has 0 aliphatic heterocycles. The molecule has 9 nitrogen and oxygen atoms in total. The lowest BCUT2D eigenvalue weighted by Crippen LogP contribution is -2.19. The van der Waals surface area contributed by atoms with Crippen LogP contribution in [0.2, 0.25) is 0 Å². The summed E-state index contributed by atoms with van der Waals surface area (Å²) in [5, 5.41) is 37.3. The second-order valence-electron chi connectivity index (χ2n) is 9.27. The number of hydrogen-bond acceptors (Lipinski definition) is 8. The first-order valence-electron chi connectivity index (χ1n) is 11.8. The van der Waals surface area contributed by atoms with Crippen LogP contribution in [0.5, 0.6) is 28.7 Å². The van der Waals surface area contributed by atoms with Crippen molar-refractivity contribution in [1.29, 1.82) is 0 Å². The van der Waals surface area contributed by atoms with Gasteiger partial charge in [0.1, 0.15) is 35.4 Å². The molecule has 0 aromatic heterocycles. The fourth-order valence-corrected chi connectivity index (χ4v) is 4.07. The average Bonchev–Trinajstić information content (AvgIpc) is 2.91. The third-order valence-corrected chi connectivity index (χ3v) is 6.31. The van der Waals surface area contributed by atoms with Crippen LogP contribution in [0, 0.1) is 0 Å². The van der Waals surface area contributed by atoms with Gasteiger partial charge in [-0.2, -0.15) is 0 Å². The molecule has 0 unspecified atom stereocenters. The zero-order valence-electron chi connectivity index (χ0n) is 21.1. The van der Waals surface area contributed by atoms with Crippen LogP contribution in [0.1, 0.15) is 51.3 Å². The highest BCUT2D eigenvalue weighted by molar-refractivity contribution is 6.03. The lowest BCUT2D eigenvalue weighted by Gasteiger charge is -2.26. The van der Waals surface area contributed by atoms with Gasteiger partial charge >= 0.3 is 11.9 Å².